The fourth-order valence-electron chi connectivity index (χ4n) is 2.51. The van der Waals surface area contributed by atoms with Gasteiger partial charge in [-0.2, -0.15) is 0 Å². The Kier molecular flexibility index (Phi) is 4.64. The number of aromatic hydroxyl groups is 1. The second-order valence-corrected chi connectivity index (χ2v) is 5.73. The number of aryl methyl sites for hydroxylation is 1. The van der Waals surface area contributed by atoms with E-state index in [1.165, 1.54) is 0 Å². The molecule has 0 spiro atoms. The maximum Gasteiger partial charge on any atom is 0.344 e. The Morgan fingerprint density at radius 1 is 1.47 bits per heavy atom. The van der Waals surface area contributed by atoms with Crippen molar-refractivity contribution in [2.24, 2.45) is 5.92 Å². The second kappa shape index (κ2) is 6.24. The van der Waals surface area contributed by atoms with E-state index in [0.717, 1.165) is 32.2 Å². The molecule has 0 unspecified atom stereocenters. The summed E-state index contributed by atoms with van der Waals surface area (Å²) >= 11 is 0. The van der Waals surface area contributed by atoms with Crippen molar-refractivity contribution < 1.29 is 9.52 Å². The van der Waals surface area contributed by atoms with E-state index in [0.29, 0.717) is 23.7 Å². The first-order valence-electron chi connectivity index (χ1n) is 7.17. The fraction of sp³-hybridized carbons (Fsp3) is 0.667. The van der Waals surface area contributed by atoms with Crippen LogP contribution in [0.3, 0.4) is 0 Å². The Morgan fingerprint density at radius 2 is 2.26 bits per heavy atom. The van der Waals surface area contributed by atoms with Crippen LogP contribution in [0.25, 0.3) is 0 Å². The van der Waals surface area contributed by atoms with Gasteiger partial charge >= 0.3 is 5.63 Å². The molecule has 1 aromatic heterocycles. The van der Waals surface area contributed by atoms with Crippen LogP contribution in [-0.4, -0.2) is 11.7 Å². The zero-order chi connectivity index (χ0) is 13.8. The molecule has 106 valence electrons. The molecule has 0 bridgehead atoms. The largest absolute Gasteiger partial charge is 0.507 e. The molecule has 4 heteroatoms. The number of piperidine rings is 1. The van der Waals surface area contributed by atoms with Crippen LogP contribution in [-0.2, 0) is 6.42 Å². The Bertz CT molecular complexity index is 473. The summed E-state index contributed by atoms with van der Waals surface area (Å²) in [6.07, 6.45) is 4.71. The first-order chi connectivity index (χ1) is 9.08. The van der Waals surface area contributed by atoms with E-state index >= 15 is 0 Å². The smallest absolute Gasteiger partial charge is 0.344 e. The summed E-state index contributed by atoms with van der Waals surface area (Å²) in [5.41, 5.74) is 0.00570. The van der Waals surface area contributed by atoms with Crippen molar-refractivity contribution in [2.45, 2.75) is 52.0 Å². The maximum absolute atomic E-state index is 12.0. The van der Waals surface area contributed by atoms with Crippen LogP contribution in [0.15, 0.2) is 15.3 Å². The summed E-state index contributed by atoms with van der Waals surface area (Å²) in [5, 5.41) is 13.4. The van der Waals surface area contributed by atoms with Crippen LogP contribution in [0.2, 0.25) is 0 Å². The Morgan fingerprint density at radius 3 is 2.84 bits per heavy atom. The van der Waals surface area contributed by atoms with Gasteiger partial charge in [0.15, 0.2) is 0 Å². The highest BCUT2D eigenvalue weighted by molar-refractivity contribution is 5.33. The molecule has 1 atom stereocenters. The van der Waals surface area contributed by atoms with Crippen LogP contribution in [0.4, 0.5) is 0 Å². The van der Waals surface area contributed by atoms with Gasteiger partial charge in [-0.15, -0.1) is 0 Å². The van der Waals surface area contributed by atoms with E-state index in [1.807, 2.05) is 0 Å². The van der Waals surface area contributed by atoms with E-state index in [1.54, 1.807) is 6.07 Å². The van der Waals surface area contributed by atoms with E-state index in [9.17, 15) is 9.90 Å². The third kappa shape index (κ3) is 3.60. The van der Waals surface area contributed by atoms with Crippen molar-refractivity contribution in [1.82, 2.24) is 5.32 Å². The van der Waals surface area contributed by atoms with Crippen molar-refractivity contribution >= 4 is 0 Å². The number of hydrogen-bond acceptors (Lipinski definition) is 4. The molecule has 2 heterocycles. The molecule has 4 nitrogen and oxygen atoms in total. The zero-order valence-corrected chi connectivity index (χ0v) is 11.7. The SMILES string of the molecule is CC(C)CCc1cc(O)c([C@@H]2CCCCN2)c(=O)o1. The molecule has 2 N–H and O–H groups in total. The highest BCUT2D eigenvalue weighted by atomic mass is 16.4. The number of rotatable bonds is 4. The van der Waals surface area contributed by atoms with Gasteiger partial charge in [0.05, 0.1) is 5.56 Å². The lowest BCUT2D eigenvalue weighted by molar-refractivity contribution is 0.355. The minimum absolute atomic E-state index is 0.0656. The lowest BCUT2D eigenvalue weighted by Crippen LogP contribution is -2.30. The van der Waals surface area contributed by atoms with Crippen LogP contribution in [0, 0.1) is 5.92 Å². The van der Waals surface area contributed by atoms with E-state index in [-0.39, 0.29) is 11.8 Å². The minimum atomic E-state index is -0.391. The van der Waals surface area contributed by atoms with E-state index in [2.05, 4.69) is 19.2 Å². The van der Waals surface area contributed by atoms with Crippen LogP contribution < -0.4 is 10.9 Å². The summed E-state index contributed by atoms with van der Waals surface area (Å²) in [6, 6.07) is 1.54. The topological polar surface area (TPSA) is 62.5 Å². The van der Waals surface area contributed by atoms with Gasteiger partial charge in [0.1, 0.15) is 11.5 Å². The molecule has 1 aliphatic rings. The third-order valence-corrected chi connectivity index (χ3v) is 3.64. The number of hydrogen-bond donors (Lipinski definition) is 2. The molecule has 2 rings (SSSR count). The van der Waals surface area contributed by atoms with Crippen molar-refractivity contribution in [1.29, 1.82) is 0 Å². The van der Waals surface area contributed by atoms with Gasteiger partial charge in [0.2, 0.25) is 0 Å². The highest BCUT2D eigenvalue weighted by Gasteiger charge is 2.23. The van der Waals surface area contributed by atoms with Gasteiger partial charge in [-0.25, -0.2) is 4.79 Å². The quantitative estimate of drug-likeness (QED) is 0.878. The second-order valence-electron chi connectivity index (χ2n) is 5.73. The molecular weight excluding hydrogens is 242 g/mol. The standard InChI is InChI=1S/C15H23NO3/c1-10(2)6-7-11-9-13(17)14(15(18)19-11)12-5-3-4-8-16-12/h9-10,12,16-17H,3-8H2,1-2H3/t12-/m0/s1. The maximum atomic E-state index is 12.0. The van der Waals surface area contributed by atoms with Gasteiger partial charge in [0, 0.05) is 18.5 Å². The molecule has 0 amide bonds. The van der Waals surface area contributed by atoms with E-state index < -0.39 is 5.63 Å². The summed E-state index contributed by atoms with van der Waals surface area (Å²) in [4.78, 5) is 12.0. The highest BCUT2D eigenvalue weighted by Crippen LogP contribution is 2.28. The van der Waals surface area contributed by atoms with Crippen LogP contribution in [0.1, 0.15) is 56.9 Å². The summed E-state index contributed by atoms with van der Waals surface area (Å²) in [7, 11) is 0. The molecular formula is C15H23NO3. The van der Waals surface area contributed by atoms with Crippen molar-refractivity contribution in [3.05, 3.63) is 27.8 Å². The van der Waals surface area contributed by atoms with Gasteiger partial charge in [0.25, 0.3) is 0 Å². The summed E-state index contributed by atoms with van der Waals surface area (Å²) in [6.45, 7) is 5.13. The summed E-state index contributed by atoms with van der Waals surface area (Å²) < 4.78 is 5.34. The first-order valence-corrected chi connectivity index (χ1v) is 7.17. The van der Waals surface area contributed by atoms with Crippen LogP contribution in [0.5, 0.6) is 5.75 Å². The minimum Gasteiger partial charge on any atom is -0.507 e. The summed E-state index contributed by atoms with van der Waals surface area (Å²) in [5.74, 6) is 1.21. The molecule has 0 radical (unpaired) electrons. The third-order valence-electron chi connectivity index (χ3n) is 3.64. The monoisotopic (exact) mass is 265 g/mol. The van der Waals surface area contributed by atoms with Gasteiger partial charge in [-0.05, 0) is 31.7 Å². The lowest BCUT2D eigenvalue weighted by atomic mass is 9.98. The van der Waals surface area contributed by atoms with Crippen molar-refractivity contribution in [3.8, 4) is 5.75 Å². The molecule has 0 aliphatic carbocycles. The van der Waals surface area contributed by atoms with Gasteiger partial charge in [-0.3, -0.25) is 0 Å². The van der Waals surface area contributed by atoms with Crippen molar-refractivity contribution in [2.75, 3.05) is 6.54 Å². The molecule has 1 aromatic rings. The average Bonchev–Trinajstić information content (AvgIpc) is 2.37. The molecule has 1 aliphatic heterocycles. The van der Waals surface area contributed by atoms with Gasteiger partial charge in [-0.1, -0.05) is 20.3 Å². The van der Waals surface area contributed by atoms with Crippen LogP contribution >= 0.6 is 0 Å². The Hall–Kier alpha value is -1.29. The first kappa shape index (κ1) is 14.1. The Balaban J connectivity index is 2.19. The Labute approximate surface area is 113 Å². The predicted octanol–water partition coefficient (Wildman–Crippen LogP) is 2.75. The fourth-order valence-corrected chi connectivity index (χ4v) is 2.51. The molecule has 0 aromatic carbocycles. The molecule has 1 fully saturated rings. The van der Waals surface area contributed by atoms with Gasteiger partial charge < -0.3 is 14.8 Å². The normalized spacial score (nSPS) is 19.8. The number of nitrogens with one attached hydrogen (secondary N) is 1. The average molecular weight is 265 g/mol. The van der Waals surface area contributed by atoms with Crippen molar-refractivity contribution in [3.63, 3.8) is 0 Å². The molecule has 1 saturated heterocycles. The van der Waals surface area contributed by atoms with E-state index in [4.69, 9.17) is 4.42 Å². The predicted molar refractivity (Wildman–Crippen MR) is 74.4 cm³/mol. The molecule has 19 heavy (non-hydrogen) atoms. The zero-order valence-electron chi connectivity index (χ0n) is 11.7. The lowest BCUT2D eigenvalue weighted by Gasteiger charge is -2.23. The molecule has 0 saturated carbocycles.